The van der Waals surface area contributed by atoms with Gasteiger partial charge in [-0.25, -0.2) is 0 Å². The molecule has 2 bridgehead atoms. The van der Waals surface area contributed by atoms with Crippen molar-refractivity contribution >= 4 is 11.6 Å². The summed E-state index contributed by atoms with van der Waals surface area (Å²) in [4.78, 5) is 23.9. The van der Waals surface area contributed by atoms with Crippen LogP contribution in [0.5, 0.6) is 0 Å². The maximum absolute atomic E-state index is 12.3. The molecule has 2 fully saturated rings. The van der Waals surface area contributed by atoms with Crippen LogP contribution >= 0.6 is 0 Å². The van der Waals surface area contributed by atoms with Crippen molar-refractivity contribution in [2.24, 2.45) is 28.6 Å². The van der Waals surface area contributed by atoms with E-state index in [4.69, 9.17) is 0 Å². The van der Waals surface area contributed by atoms with Gasteiger partial charge in [-0.2, -0.15) is 0 Å². The molecule has 0 spiro atoms. The van der Waals surface area contributed by atoms with Crippen molar-refractivity contribution in [2.45, 2.75) is 119 Å². The fourth-order valence-electron chi connectivity index (χ4n) is 5.23. The van der Waals surface area contributed by atoms with Gasteiger partial charge in [0.05, 0.1) is 0 Å². The van der Waals surface area contributed by atoms with Crippen LogP contribution in [0.1, 0.15) is 119 Å². The summed E-state index contributed by atoms with van der Waals surface area (Å²) in [6.07, 6.45) is 12.3. The van der Waals surface area contributed by atoms with Crippen LogP contribution in [0, 0.1) is 28.6 Å². The normalized spacial score (nSPS) is 27.8. The Hall–Kier alpha value is -0.660. The molecule has 0 aliphatic heterocycles. The molecule has 2 aliphatic carbocycles. The Kier molecular flexibility index (Phi) is 9.72. The zero-order valence-corrected chi connectivity index (χ0v) is 19.3. The number of carbonyl (C=O) groups is 2. The lowest BCUT2D eigenvalue weighted by Crippen LogP contribution is -2.32. The van der Waals surface area contributed by atoms with Crippen molar-refractivity contribution in [3.8, 4) is 0 Å². The van der Waals surface area contributed by atoms with E-state index >= 15 is 0 Å². The largest absolute Gasteiger partial charge is 0.299 e. The predicted molar refractivity (Wildman–Crippen MR) is 116 cm³/mol. The quantitative estimate of drug-likeness (QED) is 0.397. The molecule has 0 heterocycles. The third-order valence-corrected chi connectivity index (χ3v) is 8.09. The molecule has 2 saturated carbocycles. The van der Waals surface area contributed by atoms with Gasteiger partial charge in [0.2, 0.25) is 0 Å². The smallest absolute Gasteiger partial charge is 0.139 e. The van der Waals surface area contributed by atoms with E-state index in [-0.39, 0.29) is 10.8 Å². The second-order valence-electron chi connectivity index (χ2n) is 9.81. The van der Waals surface area contributed by atoms with Crippen LogP contribution in [-0.4, -0.2) is 11.6 Å². The molecule has 2 aliphatic rings. The maximum Gasteiger partial charge on any atom is 0.139 e. The molecule has 158 valence electrons. The monoisotopic (exact) mass is 378 g/mol. The van der Waals surface area contributed by atoms with Crippen molar-refractivity contribution in [2.75, 3.05) is 0 Å². The van der Waals surface area contributed by atoms with Gasteiger partial charge < -0.3 is 0 Å². The number of rotatable bonds is 10. The number of Topliss-reactive ketones (excluding diaryl/α,β-unsaturated/α-hetero) is 2. The highest BCUT2D eigenvalue weighted by molar-refractivity contribution is 5.89. The summed E-state index contributed by atoms with van der Waals surface area (Å²) in [5.74, 6) is 2.41. The SMILES string of the molecule is CC12CCC(CC1=O)C2(C)C.CCCCC(CC)C(=O)C(CC)CCCC. The Morgan fingerprint density at radius 2 is 1.44 bits per heavy atom. The molecule has 2 heteroatoms. The van der Waals surface area contributed by atoms with Gasteiger partial charge in [-0.3, -0.25) is 9.59 Å². The second kappa shape index (κ2) is 10.8. The van der Waals surface area contributed by atoms with Crippen LogP contribution in [-0.2, 0) is 9.59 Å². The van der Waals surface area contributed by atoms with Gasteiger partial charge in [-0.05, 0) is 49.9 Å². The van der Waals surface area contributed by atoms with E-state index in [1.807, 2.05) is 0 Å². The second-order valence-corrected chi connectivity index (χ2v) is 9.81. The van der Waals surface area contributed by atoms with Gasteiger partial charge in [-0.15, -0.1) is 0 Å². The lowest BCUT2D eigenvalue weighted by atomic mass is 9.70. The Labute approximate surface area is 169 Å². The predicted octanol–water partition coefficient (Wildman–Crippen LogP) is 7.39. The van der Waals surface area contributed by atoms with E-state index in [9.17, 15) is 9.59 Å². The number of unbranched alkanes of at least 4 members (excludes halogenated alkanes) is 2. The molecule has 0 aromatic heterocycles. The highest BCUT2D eigenvalue weighted by Gasteiger charge is 2.61. The van der Waals surface area contributed by atoms with E-state index in [2.05, 4.69) is 48.5 Å². The van der Waals surface area contributed by atoms with E-state index in [1.54, 1.807) is 0 Å². The first-order valence-corrected chi connectivity index (χ1v) is 11.8. The zero-order valence-electron chi connectivity index (χ0n) is 19.3. The highest BCUT2D eigenvalue weighted by Crippen LogP contribution is 2.63. The van der Waals surface area contributed by atoms with Crippen LogP contribution in [0.15, 0.2) is 0 Å². The third kappa shape index (κ3) is 5.45. The number of hydrogen-bond acceptors (Lipinski definition) is 2. The summed E-state index contributed by atoms with van der Waals surface area (Å²) in [5.41, 5.74) is 0.307. The van der Waals surface area contributed by atoms with E-state index in [1.165, 1.54) is 32.1 Å². The molecule has 4 unspecified atom stereocenters. The van der Waals surface area contributed by atoms with Gasteiger partial charge in [0.25, 0.3) is 0 Å². The van der Waals surface area contributed by atoms with Crippen molar-refractivity contribution in [3.63, 3.8) is 0 Å². The van der Waals surface area contributed by atoms with Crippen molar-refractivity contribution in [1.29, 1.82) is 0 Å². The van der Waals surface area contributed by atoms with Gasteiger partial charge in [0, 0.05) is 23.7 Å². The minimum atomic E-state index is 0.0255. The standard InChI is InChI=1S/C15H30O.C10H16O/c1-5-9-11-13(7-3)15(16)14(8-4)12-10-6-2;1-9(2)7-4-5-10(9,3)8(11)6-7/h13-14H,5-12H2,1-4H3;7H,4-6H2,1-3H3. The molecule has 0 saturated heterocycles. The summed E-state index contributed by atoms with van der Waals surface area (Å²) in [7, 11) is 0. The molecule has 27 heavy (non-hydrogen) atoms. The molecule has 0 aromatic carbocycles. The lowest BCUT2D eigenvalue weighted by molar-refractivity contribution is -0.128. The van der Waals surface area contributed by atoms with E-state index in [0.29, 0.717) is 29.3 Å². The first kappa shape index (κ1) is 24.4. The van der Waals surface area contributed by atoms with Crippen molar-refractivity contribution < 1.29 is 9.59 Å². The number of ketones is 2. The number of carbonyl (C=O) groups excluding carboxylic acids is 2. The lowest BCUT2D eigenvalue weighted by Gasteiger charge is -2.32. The van der Waals surface area contributed by atoms with Gasteiger partial charge in [0.1, 0.15) is 11.6 Å². The molecule has 4 atom stereocenters. The summed E-state index contributed by atoms with van der Waals surface area (Å²) in [6, 6.07) is 0. The maximum atomic E-state index is 12.3. The topological polar surface area (TPSA) is 34.1 Å². The Bertz CT molecular complexity index is 461. The first-order valence-electron chi connectivity index (χ1n) is 11.8. The molecule has 2 nitrogen and oxygen atoms in total. The summed E-state index contributed by atoms with van der Waals surface area (Å²) >= 11 is 0. The molecular formula is C25H46O2. The average molecular weight is 379 g/mol. The summed E-state index contributed by atoms with van der Waals surface area (Å²) in [5, 5.41) is 0. The van der Waals surface area contributed by atoms with Gasteiger partial charge in [-0.1, -0.05) is 74.1 Å². The molecule has 0 aromatic rings. The Morgan fingerprint density at radius 3 is 1.67 bits per heavy atom. The summed E-state index contributed by atoms with van der Waals surface area (Å²) in [6.45, 7) is 15.4. The third-order valence-electron chi connectivity index (χ3n) is 8.09. The molecule has 0 amide bonds. The minimum Gasteiger partial charge on any atom is -0.299 e. The first-order chi connectivity index (χ1) is 12.7. The van der Waals surface area contributed by atoms with Gasteiger partial charge in [0.15, 0.2) is 0 Å². The van der Waals surface area contributed by atoms with Crippen molar-refractivity contribution in [3.05, 3.63) is 0 Å². The average Bonchev–Trinajstić information content (AvgIpc) is 2.96. The van der Waals surface area contributed by atoms with Crippen LogP contribution in [0.4, 0.5) is 0 Å². The zero-order chi connectivity index (χ0) is 20.7. The Morgan fingerprint density at radius 1 is 0.963 bits per heavy atom. The van der Waals surface area contributed by atoms with Crippen molar-refractivity contribution in [1.82, 2.24) is 0 Å². The highest BCUT2D eigenvalue weighted by atomic mass is 16.1. The fraction of sp³-hybridized carbons (Fsp3) is 0.920. The number of fused-ring (bicyclic) bond motifs is 2. The van der Waals surface area contributed by atoms with Crippen LogP contribution in [0.2, 0.25) is 0 Å². The summed E-state index contributed by atoms with van der Waals surface area (Å²) < 4.78 is 0. The molecule has 0 N–H and O–H groups in total. The fourth-order valence-corrected chi connectivity index (χ4v) is 5.23. The van der Waals surface area contributed by atoms with Gasteiger partial charge >= 0.3 is 0 Å². The molecule has 0 radical (unpaired) electrons. The minimum absolute atomic E-state index is 0.0255. The Balaban J connectivity index is 0.000000285. The number of hydrogen-bond donors (Lipinski definition) is 0. The van der Waals surface area contributed by atoms with Crippen LogP contribution < -0.4 is 0 Å². The van der Waals surface area contributed by atoms with Crippen LogP contribution in [0.25, 0.3) is 0 Å². The van der Waals surface area contributed by atoms with Crippen LogP contribution in [0.3, 0.4) is 0 Å². The molecule has 2 rings (SSSR count). The van der Waals surface area contributed by atoms with E-state index in [0.717, 1.165) is 38.5 Å². The molecular weight excluding hydrogens is 332 g/mol. The van der Waals surface area contributed by atoms with E-state index < -0.39 is 0 Å².